The number of halogens is 1. The zero-order chi connectivity index (χ0) is 9.47. The molecule has 2 unspecified atom stereocenters. The molecule has 0 aromatic heterocycles. The first-order valence-corrected chi connectivity index (χ1v) is 4.72. The van der Waals surface area contributed by atoms with E-state index in [0.29, 0.717) is 11.5 Å². The molecule has 13 heavy (non-hydrogen) atoms. The Hall–Kier alpha value is -0.890. The van der Waals surface area contributed by atoms with Crippen molar-refractivity contribution in [2.75, 3.05) is 0 Å². The van der Waals surface area contributed by atoms with Crippen LogP contribution in [0.15, 0.2) is 24.3 Å². The lowest BCUT2D eigenvalue weighted by Crippen LogP contribution is -2.23. The van der Waals surface area contributed by atoms with E-state index in [1.807, 2.05) is 6.07 Å². The van der Waals surface area contributed by atoms with Crippen molar-refractivity contribution in [1.82, 2.24) is 0 Å². The minimum absolute atomic E-state index is 0.166. The molecular weight excluding hydrogens is 165 g/mol. The minimum atomic E-state index is -0.375. The molecule has 0 amide bonds. The van der Waals surface area contributed by atoms with Crippen LogP contribution >= 0.6 is 0 Å². The molecule has 2 N–H and O–H groups in total. The molecule has 1 nitrogen and oxygen atoms in total. The molecule has 1 aliphatic rings. The topological polar surface area (TPSA) is 26.0 Å². The molecule has 0 bridgehead atoms. The fourth-order valence-electron chi connectivity index (χ4n) is 2.03. The maximum absolute atomic E-state index is 13.4. The molecule has 1 aliphatic carbocycles. The van der Waals surface area contributed by atoms with Gasteiger partial charge >= 0.3 is 0 Å². The molecule has 2 rings (SSSR count). The van der Waals surface area contributed by atoms with Crippen LogP contribution in [0.2, 0.25) is 0 Å². The van der Waals surface area contributed by atoms with E-state index in [9.17, 15) is 4.39 Å². The third kappa shape index (κ3) is 1.25. The van der Waals surface area contributed by atoms with Gasteiger partial charge in [-0.25, -0.2) is 4.39 Å². The van der Waals surface area contributed by atoms with Crippen LogP contribution in [-0.4, -0.2) is 0 Å². The number of benzene rings is 1. The summed E-state index contributed by atoms with van der Waals surface area (Å²) in [5.74, 6) is 0.297. The molecule has 0 radical (unpaired) electrons. The van der Waals surface area contributed by atoms with Crippen LogP contribution < -0.4 is 5.73 Å². The molecule has 2 heteroatoms. The molecule has 70 valence electrons. The first kappa shape index (κ1) is 8.70. The Balaban J connectivity index is 2.32. The van der Waals surface area contributed by atoms with Gasteiger partial charge in [-0.3, -0.25) is 0 Å². The van der Waals surface area contributed by atoms with Crippen molar-refractivity contribution in [3.8, 4) is 0 Å². The normalized spacial score (nSPS) is 31.8. The molecule has 0 aliphatic heterocycles. The van der Waals surface area contributed by atoms with Crippen molar-refractivity contribution in [3.63, 3.8) is 0 Å². The third-order valence-corrected chi connectivity index (χ3v) is 3.02. The van der Waals surface area contributed by atoms with Crippen LogP contribution in [0.1, 0.15) is 25.3 Å². The monoisotopic (exact) mass is 179 g/mol. The SMILES string of the molecule is CCC1CC1(N)c1ccccc1F. The van der Waals surface area contributed by atoms with Gasteiger partial charge in [0.25, 0.3) is 0 Å². The second-order valence-electron chi connectivity index (χ2n) is 3.83. The highest BCUT2D eigenvalue weighted by atomic mass is 19.1. The second-order valence-corrected chi connectivity index (χ2v) is 3.83. The van der Waals surface area contributed by atoms with Gasteiger partial charge in [0.2, 0.25) is 0 Å². The van der Waals surface area contributed by atoms with Crippen LogP contribution in [-0.2, 0) is 5.54 Å². The lowest BCUT2D eigenvalue weighted by atomic mass is 10.0. The molecule has 1 aromatic rings. The van der Waals surface area contributed by atoms with E-state index in [0.717, 1.165) is 12.8 Å². The van der Waals surface area contributed by atoms with Gasteiger partial charge in [-0.1, -0.05) is 31.5 Å². The molecule has 0 saturated heterocycles. The first-order valence-electron chi connectivity index (χ1n) is 4.72. The zero-order valence-electron chi connectivity index (χ0n) is 7.76. The number of hydrogen-bond acceptors (Lipinski definition) is 1. The number of hydrogen-bond donors (Lipinski definition) is 1. The summed E-state index contributed by atoms with van der Waals surface area (Å²) in [4.78, 5) is 0. The van der Waals surface area contributed by atoms with E-state index in [1.54, 1.807) is 12.1 Å². The Bertz CT molecular complexity index is 324. The first-order chi connectivity index (χ1) is 6.18. The molecule has 0 heterocycles. The predicted octanol–water partition coefficient (Wildman–Crippen LogP) is 2.41. The summed E-state index contributed by atoms with van der Waals surface area (Å²) in [5, 5.41) is 0. The summed E-state index contributed by atoms with van der Waals surface area (Å²) in [5.41, 5.74) is 6.39. The van der Waals surface area contributed by atoms with Crippen molar-refractivity contribution < 1.29 is 4.39 Å². The largest absolute Gasteiger partial charge is 0.321 e. The van der Waals surface area contributed by atoms with E-state index >= 15 is 0 Å². The quantitative estimate of drug-likeness (QED) is 0.741. The van der Waals surface area contributed by atoms with Gasteiger partial charge in [0.1, 0.15) is 5.82 Å². The van der Waals surface area contributed by atoms with Gasteiger partial charge in [-0.2, -0.15) is 0 Å². The van der Waals surface area contributed by atoms with E-state index in [2.05, 4.69) is 6.92 Å². The summed E-state index contributed by atoms with van der Waals surface area (Å²) < 4.78 is 13.4. The molecule has 2 atom stereocenters. The smallest absolute Gasteiger partial charge is 0.128 e. The van der Waals surface area contributed by atoms with Gasteiger partial charge in [0, 0.05) is 11.1 Å². The second kappa shape index (κ2) is 2.81. The zero-order valence-corrected chi connectivity index (χ0v) is 7.76. The van der Waals surface area contributed by atoms with E-state index in [4.69, 9.17) is 5.73 Å². The fourth-order valence-corrected chi connectivity index (χ4v) is 2.03. The van der Waals surface area contributed by atoms with Crippen molar-refractivity contribution >= 4 is 0 Å². The summed E-state index contributed by atoms with van der Waals surface area (Å²) >= 11 is 0. The van der Waals surface area contributed by atoms with Crippen molar-refractivity contribution in [2.45, 2.75) is 25.3 Å². The standard InChI is InChI=1S/C11H14FN/c1-2-8-7-11(8,13)9-5-3-4-6-10(9)12/h3-6,8H,2,7,13H2,1H3. The lowest BCUT2D eigenvalue weighted by Gasteiger charge is -2.11. The average Bonchev–Trinajstić information content (AvgIpc) is 2.79. The summed E-state index contributed by atoms with van der Waals surface area (Å²) in [6, 6.07) is 6.82. The van der Waals surface area contributed by atoms with Crippen molar-refractivity contribution in [2.24, 2.45) is 11.7 Å². The molecule has 1 aromatic carbocycles. The molecule has 0 spiro atoms. The van der Waals surface area contributed by atoms with E-state index < -0.39 is 0 Å². The fraction of sp³-hybridized carbons (Fsp3) is 0.455. The van der Waals surface area contributed by atoms with E-state index in [-0.39, 0.29) is 11.4 Å². The maximum atomic E-state index is 13.4. The lowest BCUT2D eigenvalue weighted by molar-refractivity contribution is 0.546. The average molecular weight is 179 g/mol. The summed E-state index contributed by atoms with van der Waals surface area (Å²) in [7, 11) is 0. The van der Waals surface area contributed by atoms with Gasteiger partial charge in [-0.15, -0.1) is 0 Å². The highest BCUT2D eigenvalue weighted by Gasteiger charge is 2.51. The molecule has 1 fully saturated rings. The van der Waals surface area contributed by atoms with Crippen molar-refractivity contribution in [1.29, 1.82) is 0 Å². The predicted molar refractivity (Wildman–Crippen MR) is 50.7 cm³/mol. The summed E-state index contributed by atoms with van der Waals surface area (Å²) in [6.45, 7) is 2.10. The van der Waals surface area contributed by atoms with E-state index in [1.165, 1.54) is 6.07 Å². The Morgan fingerprint density at radius 1 is 1.54 bits per heavy atom. The highest BCUT2D eigenvalue weighted by molar-refractivity contribution is 5.32. The van der Waals surface area contributed by atoms with Crippen LogP contribution in [0, 0.1) is 11.7 Å². The Morgan fingerprint density at radius 2 is 2.23 bits per heavy atom. The minimum Gasteiger partial charge on any atom is -0.321 e. The third-order valence-electron chi connectivity index (χ3n) is 3.02. The number of nitrogens with two attached hydrogens (primary N) is 1. The number of rotatable bonds is 2. The Morgan fingerprint density at radius 3 is 2.77 bits per heavy atom. The van der Waals surface area contributed by atoms with Crippen LogP contribution in [0.25, 0.3) is 0 Å². The van der Waals surface area contributed by atoms with Crippen LogP contribution in [0.3, 0.4) is 0 Å². The molecule has 1 saturated carbocycles. The van der Waals surface area contributed by atoms with Gasteiger partial charge < -0.3 is 5.73 Å². The van der Waals surface area contributed by atoms with Crippen LogP contribution in [0.4, 0.5) is 4.39 Å². The van der Waals surface area contributed by atoms with Gasteiger partial charge in [0.15, 0.2) is 0 Å². The summed E-state index contributed by atoms with van der Waals surface area (Å²) in [6.07, 6.45) is 1.95. The highest BCUT2D eigenvalue weighted by Crippen LogP contribution is 2.51. The van der Waals surface area contributed by atoms with Crippen LogP contribution in [0.5, 0.6) is 0 Å². The Labute approximate surface area is 77.8 Å². The van der Waals surface area contributed by atoms with Gasteiger partial charge in [-0.05, 0) is 18.4 Å². The maximum Gasteiger partial charge on any atom is 0.128 e. The van der Waals surface area contributed by atoms with Crippen molar-refractivity contribution in [3.05, 3.63) is 35.6 Å². The Kier molecular flexibility index (Phi) is 1.88. The van der Waals surface area contributed by atoms with Gasteiger partial charge in [0.05, 0.1) is 0 Å². The molecular formula is C11H14FN.